The van der Waals surface area contributed by atoms with Crippen LogP contribution < -0.4 is 0 Å². The van der Waals surface area contributed by atoms with E-state index in [1.807, 2.05) is 33.8 Å². The Morgan fingerprint density at radius 3 is 2.36 bits per heavy atom. The quantitative estimate of drug-likeness (QED) is 0.460. The molecule has 0 spiro atoms. The fraction of sp³-hybridized carbons (Fsp3) is 0.348. The molecule has 2 atom stereocenters. The summed E-state index contributed by atoms with van der Waals surface area (Å²) in [5.41, 5.74) is 0.338. The highest BCUT2D eigenvalue weighted by atomic mass is 19.1. The predicted molar refractivity (Wildman–Crippen MR) is 102 cm³/mol. The van der Waals surface area contributed by atoms with Crippen LogP contribution in [0.3, 0.4) is 0 Å². The maximum atomic E-state index is 14.9. The van der Waals surface area contributed by atoms with Crippen LogP contribution in [0.15, 0.2) is 48.0 Å². The standard InChI is InChI=1S/C23H23F3O2/c1-13(2)10-16-20(23(16,3)4)22(27)28-12-15-17(24)11-18(25)19(21(15)26)14-8-6-5-7-9-14/h5-11,16,20H,12H2,1-4H3/t16-,20-/m1/s1. The Kier molecular flexibility index (Phi) is 5.37. The van der Waals surface area contributed by atoms with Gasteiger partial charge in [-0.3, -0.25) is 4.79 Å². The van der Waals surface area contributed by atoms with E-state index in [2.05, 4.69) is 0 Å². The molecule has 0 amide bonds. The first-order valence-electron chi connectivity index (χ1n) is 9.18. The molecule has 1 saturated carbocycles. The van der Waals surface area contributed by atoms with Gasteiger partial charge in [-0.2, -0.15) is 0 Å². The molecular weight excluding hydrogens is 365 g/mol. The second-order valence-corrected chi connectivity index (χ2v) is 8.05. The smallest absolute Gasteiger partial charge is 0.310 e. The highest BCUT2D eigenvalue weighted by molar-refractivity contribution is 5.78. The van der Waals surface area contributed by atoms with Gasteiger partial charge in [0.05, 0.1) is 17.0 Å². The van der Waals surface area contributed by atoms with Crippen molar-refractivity contribution in [1.29, 1.82) is 0 Å². The lowest BCUT2D eigenvalue weighted by Gasteiger charge is -2.12. The van der Waals surface area contributed by atoms with E-state index >= 15 is 0 Å². The van der Waals surface area contributed by atoms with Crippen LogP contribution >= 0.6 is 0 Å². The third-order valence-corrected chi connectivity index (χ3v) is 5.36. The van der Waals surface area contributed by atoms with Crippen molar-refractivity contribution in [3.05, 3.63) is 71.1 Å². The van der Waals surface area contributed by atoms with Gasteiger partial charge in [-0.15, -0.1) is 0 Å². The van der Waals surface area contributed by atoms with Gasteiger partial charge >= 0.3 is 5.97 Å². The Hall–Kier alpha value is -2.56. The normalized spacial score (nSPS) is 19.8. The van der Waals surface area contributed by atoms with E-state index in [-0.39, 0.29) is 28.4 Å². The monoisotopic (exact) mass is 388 g/mol. The Bertz CT molecular complexity index is 929. The number of hydrogen-bond acceptors (Lipinski definition) is 2. The first-order valence-corrected chi connectivity index (χ1v) is 9.18. The minimum Gasteiger partial charge on any atom is -0.460 e. The number of hydrogen-bond donors (Lipinski definition) is 0. The van der Waals surface area contributed by atoms with Crippen molar-refractivity contribution >= 4 is 5.97 Å². The molecule has 148 valence electrons. The van der Waals surface area contributed by atoms with Gasteiger partial charge in [0.2, 0.25) is 0 Å². The van der Waals surface area contributed by atoms with Gasteiger partial charge in [0, 0.05) is 6.07 Å². The molecule has 0 unspecified atom stereocenters. The summed E-state index contributed by atoms with van der Waals surface area (Å²) < 4.78 is 48.5. The number of rotatable bonds is 5. The van der Waals surface area contributed by atoms with Crippen LogP contribution in [0.4, 0.5) is 13.2 Å². The predicted octanol–water partition coefficient (Wildman–Crippen LogP) is 6.05. The van der Waals surface area contributed by atoms with Gasteiger partial charge < -0.3 is 4.74 Å². The van der Waals surface area contributed by atoms with Crippen molar-refractivity contribution in [2.24, 2.45) is 17.3 Å². The minimum absolute atomic E-state index is 0.0350. The molecular formula is C23H23F3O2. The Morgan fingerprint density at radius 2 is 1.75 bits per heavy atom. The molecule has 0 saturated heterocycles. The number of allylic oxidation sites excluding steroid dienone is 2. The van der Waals surface area contributed by atoms with Crippen LogP contribution in [0.2, 0.25) is 0 Å². The van der Waals surface area contributed by atoms with Crippen molar-refractivity contribution < 1.29 is 22.7 Å². The molecule has 0 radical (unpaired) electrons. The Balaban J connectivity index is 1.82. The van der Waals surface area contributed by atoms with Crippen LogP contribution in [0.5, 0.6) is 0 Å². The Labute approximate surface area is 163 Å². The minimum atomic E-state index is -1.07. The number of ether oxygens (including phenoxy) is 1. The van der Waals surface area contributed by atoms with E-state index in [0.29, 0.717) is 6.07 Å². The summed E-state index contributed by atoms with van der Waals surface area (Å²) >= 11 is 0. The van der Waals surface area contributed by atoms with Crippen LogP contribution in [-0.2, 0) is 16.1 Å². The van der Waals surface area contributed by atoms with Crippen LogP contribution in [-0.4, -0.2) is 5.97 Å². The zero-order valence-electron chi connectivity index (χ0n) is 16.4. The number of carbonyl (C=O) groups is 1. The average Bonchev–Trinajstić information content (AvgIpc) is 3.14. The fourth-order valence-corrected chi connectivity index (χ4v) is 3.66. The first kappa shape index (κ1) is 20.2. The molecule has 0 aliphatic heterocycles. The second-order valence-electron chi connectivity index (χ2n) is 8.05. The van der Waals surface area contributed by atoms with Crippen molar-refractivity contribution in [2.75, 3.05) is 0 Å². The lowest BCUT2D eigenvalue weighted by atomic mass is 10.0. The van der Waals surface area contributed by atoms with Crippen molar-refractivity contribution in [1.82, 2.24) is 0 Å². The molecule has 0 bridgehead atoms. The van der Waals surface area contributed by atoms with E-state index in [1.54, 1.807) is 18.2 Å². The van der Waals surface area contributed by atoms with Gasteiger partial charge in [0.25, 0.3) is 0 Å². The topological polar surface area (TPSA) is 26.3 Å². The molecule has 0 aromatic heterocycles. The van der Waals surface area contributed by atoms with Crippen molar-refractivity contribution in [2.45, 2.75) is 34.3 Å². The summed E-state index contributed by atoms with van der Waals surface area (Å²) in [5.74, 6) is -3.94. The summed E-state index contributed by atoms with van der Waals surface area (Å²) in [6, 6.07) is 8.68. The molecule has 5 heteroatoms. The summed E-state index contributed by atoms with van der Waals surface area (Å²) in [4.78, 5) is 12.5. The molecule has 2 aromatic carbocycles. The molecule has 1 aliphatic carbocycles. The maximum Gasteiger partial charge on any atom is 0.310 e. The molecule has 1 fully saturated rings. The highest BCUT2D eigenvalue weighted by Gasteiger charge is 2.61. The molecule has 0 heterocycles. The molecule has 0 N–H and O–H groups in total. The third kappa shape index (κ3) is 3.71. The summed E-state index contributed by atoms with van der Waals surface area (Å²) in [6.07, 6.45) is 2.01. The maximum absolute atomic E-state index is 14.9. The number of esters is 1. The Morgan fingerprint density at radius 1 is 1.11 bits per heavy atom. The summed E-state index contributed by atoms with van der Waals surface area (Å²) in [6.45, 7) is 7.23. The van der Waals surface area contributed by atoms with E-state index in [1.165, 1.54) is 12.1 Å². The largest absolute Gasteiger partial charge is 0.460 e. The van der Waals surface area contributed by atoms with Gasteiger partial charge in [-0.25, -0.2) is 13.2 Å². The van der Waals surface area contributed by atoms with E-state index in [9.17, 15) is 18.0 Å². The van der Waals surface area contributed by atoms with Crippen LogP contribution in [0.25, 0.3) is 11.1 Å². The van der Waals surface area contributed by atoms with Crippen LogP contribution in [0.1, 0.15) is 33.3 Å². The second kappa shape index (κ2) is 7.46. The first-order chi connectivity index (χ1) is 13.1. The van der Waals surface area contributed by atoms with Crippen LogP contribution in [0, 0.1) is 34.7 Å². The number of carbonyl (C=O) groups excluding carboxylic acids is 1. The van der Waals surface area contributed by atoms with E-state index in [4.69, 9.17) is 4.74 Å². The summed E-state index contributed by atoms with van der Waals surface area (Å²) in [7, 11) is 0. The van der Waals surface area contributed by atoms with Gasteiger partial charge in [0.1, 0.15) is 24.1 Å². The molecule has 2 aromatic rings. The third-order valence-electron chi connectivity index (χ3n) is 5.36. The summed E-state index contributed by atoms with van der Waals surface area (Å²) in [5, 5.41) is 0. The molecule has 3 rings (SSSR count). The van der Waals surface area contributed by atoms with Crippen molar-refractivity contribution in [3.63, 3.8) is 0 Å². The lowest BCUT2D eigenvalue weighted by molar-refractivity contribution is -0.147. The molecule has 2 nitrogen and oxygen atoms in total. The molecule has 1 aliphatic rings. The van der Waals surface area contributed by atoms with Gasteiger partial charge in [-0.1, -0.05) is 55.8 Å². The van der Waals surface area contributed by atoms with E-state index < -0.39 is 35.6 Å². The van der Waals surface area contributed by atoms with Gasteiger partial charge in [-0.05, 0) is 30.7 Å². The number of halogens is 3. The zero-order chi connectivity index (χ0) is 20.6. The zero-order valence-corrected chi connectivity index (χ0v) is 16.4. The molecule has 28 heavy (non-hydrogen) atoms. The number of benzene rings is 2. The van der Waals surface area contributed by atoms with Gasteiger partial charge in [0.15, 0.2) is 0 Å². The SMILES string of the molecule is CC(C)=C[C@@H]1[C@H](C(=O)OCc2c(F)cc(F)c(-c3ccccc3)c2F)C1(C)C. The van der Waals surface area contributed by atoms with Crippen molar-refractivity contribution in [3.8, 4) is 11.1 Å². The lowest BCUT2D eigenvalue weighted by Crippen LogP contribution is -2.13. The fourth-order valence-electron chi connectivity index (χ4n) is 3.66. The average molecular weight is 388 g/mol. The highest BCUT2D eigenvalue weighted by Crippen LogP contribution is 2.59. The van der Waals surface area contributed by atoms with E-state index in [0.717, 1.165) is 5.57 Å².